The van der Waals surface area contributed by atoms with Crippen LogP contribution in [0.1, 0.15) is 17.2 Å². The zero-order chi connectivity index (χ0) is 22.4. The Morgan fingerprint density at radius 3 is 2.50 bits per heavy atom. The highest BCUT2D eigenvalue weighted by Gasteiger charge is 2.49. The fourth-order valence-electron chi connectivity index (χ4n) is 3.76. The van der Waals surface area contributed by atoms with Gasteiger partial charge in [0, 0.05) is 16.1 Å². The maximum absolute atomic E-state index is 14.9. The van der Waals surface area contributed by atoms with Crippen LogP contribution in [0.2, 0.25) is 5.02 Å². The van der Waals surface area contributed by atoms with E-state index in [1.165, 1.54) is 18.2 Å². The largest absolute Gasteiger partial charge is 0.507 e. The van der Waals surface area contributed by atoms with E-state index in [9.17, 15) is 19.1 Å². The van der Waals surface area contributed by atoms with Gasteiger partial charge >= 0.3 is 5.91 Å². The number of halogens is 2. The summed E-state index contributed by atoms with van der Waals surface area (Å²) >= 11 is 7.23. The number of amides is 1. The first-order valence-electron chi connectivity index (χ1n) is 9.62. The smallest absolute Gasteiger partial charge is 0.301 e. The third kappa shape index (κ3) is 3.26. The van der Waals surface area contributed by atoms with Crippen molar-refractivity contribution in [3.05, 3.63) is 100 Å². The second-order valence-corrected chi connectivity index (χ2v) is 8.61. The third-order valence-corrected chi connectivity index (χ3v) is 6.49. The Hall–Kier alpha value is -3.55. The SMILES string of the molecule is O=C1C(=O)N(c2nc3ccc(Cl)cc3s2)C(c2ccccc2F)C1=C(O)c1ccccc1. The minimum Gasteiger partial charge on any atom is -0.507 e. The lowest BCUT2D eigenvalue weighted by atomic mass is 9.95. The van der Waals surface area contributed by atoms with Crippen LogP contribution in [-0.4, -0.2) is 21.8 Å². The predicted molar refractivity (Wildman–Crippen MR) is 122 cm³/mol. The number of carbonyl (C=O) groups excluding carboxylic acids is 2. The van der Waals surface area contributed by atoms with E-state index in [0.717, 1.165) is 16.2 Å². The molecule has 1 atom stereocenters. The van der Waals surface area contributed by atoms with E-state index in [2.05, 4.69) is 4.98 Å². The summed E-state index contributed by atoms with van der Waals surface area (Å²) in [6.07, 6.45) is 0. The van der Waals surface area contributed by atoms with Crippen molar-refractivity contribution in [2.24, 2.45) is 0 Å². The van der Waals surface area contributed by atoms with Crippen molar-refractivity contribution in [1.29, 1.82) is 0 Å². The van der Waals surface area contributed by atoms with Crippen LogP contribution in [0, 0.1) is 5.82 Å². The first-order valence-corrected chi connectivity index (χ1v) is 10.8. The molecule has 1 unspecified atom stereocenters. The van der Waals surface area contributed by atoms with Crippen LogP contribution in [0.15, 0.2) is 78.4 Å². The average Bonchev–Trinajstić information content (AvgIpc) is 3.32. The summed E-state index contributed by atoms with van der Waals surface area (Å²) in [5, 5.41) is 11.7. The van der Waals surface area contributed by atoms with E-state index in [1.54, 1.807) is 54.6 Å². The van der Waals surface area contributed by atoms with Gasteiger partial charge < -0.3 is 5.11 Å². The first-order chi connectivity index (χ1) is 15.5. The Kier molecular flexibility index (Phi) is 5.00. The second-order valence-electron chi connectivity index (χ2n) is 7.17. The van der Waals surface area contributed by atoms with Crippen LogP contribution < -0.4 is 4.90 Å². The molecule has 0 saturated carbocycles. The summed E-state index contributed by atoms with van der Waals surface area (Å²) in [5.41, 5.74) is 0.833. The molecule has 5 nitrogen and oxygen atoms in total. The number of ketones is 1. The highest BCUT2D eigenvalue weighted by atomic mass is 35.5. The van der Waals surface area contributed by atoms with E-state index in [1.807, 2.05) is 0 Å². The number of aliphatic hydroxyl groups is 1. The number of rotatable bonds is 3. The lowest BCUT2D eigenvalue weighted by Gasteiger charge is -2.23. The van der Waals surface area contributed by atoms with E-state index < -0.39 is 23.5 Å². The summed E-state index contributed by atoms with van der Waals surface area (Å²) in [5.74, 6) is -2.77. The number of aliphatic hydroxyl groups excluding tert-OH is 1. The number of carbonyl (C=O) groups is 2. The molecule has 0 spiro atoms. The minimum atomic E-state index is -1.17. The molecule has 1 aliphatic heterocycles. The summed E-state index contributed by atoms with van der Waals surface area (Å²) in [4.78, 5) is 31.9. The number of fused-ring (bicyclic) bond motifs is 1. The quantitative estimate of drug-likeness (QED) is 0.239. The Balaban J connectivity index is 1.76. The number of nitrogens with zero attached hydrogens (tertiary/aromatic N) is 2. The predicted octanol–water partition coefficient (Wildman–Crippen LogP) is 5.72. The molecule has 32 heavy (non-hydrogen) atoms. The normalized spacial score (nSPS) is 17.9. The van der Waals surface area contributed by atoms with E-state index in [4.69, 9.17) is 11.6 Å². The van der Waals surface area contributed by atoms with Crippen molar-refractivity contribution < 1.29 is 19.1 Å². The Morgan fingerprint density at radius 2 is 1.75 bits per heavy atom. The van der Waals surface area contributed by atoms with Gasteiger partial charge in [-0.25, -0.2) is 9.37 Å². The summed E-state index contributed by atoms with van der Waals surface area (Å²) < 4.78 is 15.6. The van der Waals surface area contributed by atoms with Crippen molar-refractivity contribution in [3.63, 3.8) is 0 Å². The molecule has 1 N–H and O–H groups in total. The van der Waals surface area contributed by atoms with Crippen molar-refractivity contribution in [1.82, 2.24) is 4.98 Å². The highest BCUT2D eigenvalue weighted by Crippen LogP contribution is 2.45. The molecule has 0 radical (unpaired) electrons. The molecule has 8 heteroatoms. The molecule has 158 valence electrons. The van der Waals surface area contributed by atoms with E-state index in [-0.39, 0.29) is 22.0 Å². The second kappa shape index (κ2) is 7.85. The van der Waals surface area contributed by atoms with Gasteiger partial charge in [0.05, 0.1) is 15.8 Å². The molecule has 3 aromatic carbocycles. The van der Waals surface area contributed by atoms with Gasteiger partial charge in [0.1, 0.15) is 17.6 Å². The standard InChI is InChI=1S/C24H14ClFN2O3S/c25-14-10-11-17-18(12-14)32-24(27-17)28-20(15-8-4-5-9-16(15)26)19(22(30)23(28)31)21(29)13-6-2-1-3-7-13/h1-12,20,29H. The summed E-state index contributed by atoms with van der Waals surface area (Å²) in [6.45, 7) is 0. The number of hydrogen-bond acceptors (Lipinski definition) is 5. The lowest BCUT2D eigenvalue weighted by molar-refractivity contribution is -0.132. The van der Waals surface area contributed by atoms with E-state index >= 15 is 0 Å². The molecule has 1 fully saturated rings. The number of hydrogen-bond donors (Lipinski definition) is 1. The Morgan fingerprint density at radius 1 is 1.03 bits per heavy atom. The maximum atomic E-state index is 14.9. The monoisotopic (exact) mass is 464 g/mol. The molecule has 0 bridgehead atoms. The van der Waals surface area contributed by atoms with Gasteiger partial charge in [-0.1, -0.05) is 71.5 Å². The van der Waals surface area contributed by atoms with Crippen molar-refractivity contribution in [2.75, 3.05) is 4.90 Å². The van der Waals surface area contributed by atoms with Crippen LogP contribution >= 0.6 is 22.9 Å². The lowest BCUT2D eigenvalue weighted by Crippen LogP contribution is -2.29. The summed E-state index contributed by atoms with van der Waals surface area (Å²) in [7, 11) is 0. The fourth-order valence-corrected chi connectivity index (χ4v) is 5.03. The van der Waals surface area contributed by atoms with Gasteiger partial charge in [-0.2, -0.15) is 0 Å². The average molecular weight is 465 g/mol. The van der Waals surface area contributed by atoms with Gasteiger partial charge in [0.2, 0.25) is 0 Å². The number of thiazole rings is 1. The molecule has 4 aromatic rings. The first kappa shape index (κ1) is 20.4. The van der Waals surface area contributed by atoms with Crippen LogP contribution in [0.5, 0.6) is 0 Å². The molecular formula is C24H14ClFN2O3S. The number of benzene rings is 3. The van der Waals surface area contributed by atoms with Crippen molar-refractivity contribution >= 4 is 55.7 Å². The zero-order valence-electron chi connectivity index (χ0n) is 16.3. The van der Waals surface area contributed by atoms with Gasteiger partial charge in [-0.05, 0) is 24.3 Å². The van der Waals surface area contributed by atoms with Crippen LogP contribution in [0.4, 0.5) is 9.52 Å². The summed E-state index contributed by atoms with van der Waals surface area (Å²) in [6, 6.07) is 18.1. The molecular weight excluding hydrogens is 451 g/mol. The van der Waals surface area contributed by atoms with Crippen molar-refractivity contribution in [2.45, 2.75) is 6.04 Å². The molecule has 1 aliphatic rings. The van der Waals surface area contributed by atoms with Gasteiger partial charge in [-0.3, -0.25) is 14.5 Å². The number of Topliss-reactive ketones (excluding diaryl/α,β-unsaturated/α-hetero) is 1. The third-order valence-electron chi connectivity index (χ3n) is 5.24. The molecule has 1 saturated heterocycles. The van der Waals surface area contributed by atoms with Crippen molar-refractivity contribution in [3.8, 4) is 0 Å². The molecule has 1 amide bonds. The Labute approximate surface area is 191 Å². The topological polar surface area (TPSA) is 70.5 Å². The van der Waals surface area contributed by atoms with Gasteiger partial charge in [-0.15, -0.1) is 0 Å². The Bertz CT molecular complexity index is 1420. The van der Waals surface area contributed by atoms with E-state index in [0.29, 0.717) is 20.8 Å². The highest BCUT2D eigenvalue weighted by molar-refractivity contribution is 7.22. The molecule has 0 aliphatic carbocycles. The number of aromatic nitrogens is 1. The van der Waals surface area contributed by atoms with Crippen LogP contribution in [0.3, 0.4) is 0 Å². The van der Waals surface area contributed by atoms with Crippen LogP contribution in [0.25, 0.3) is 16.0 Å². The molecule has 5 rings (SSSR count). The fraction of sp³-hybridized carbons (Fsp3) is 0.0417. The number of anilines is 1. The van der Waals surface area contributed by atoms with Crippen LogP contribution in [-0.2, 0) is 9.59 Å². The molecule has 1 aromatic heterocycles. The minimum absolute atomic E-state index is 0.0847. The maximum Gasteiger partial charge on any atom is 0.301 e. The zero-order valence-corrected chi connectivity index (χ0v) is 17.9. The molecule has 2 heterocycles. The van der Waals surface area contributed by atoms with Gasteiger partial charge in [0.25, 0.3) is 5.78 Å². The van der Waals surface area contributed by atoms with Gasteiger partial charge in [0.15, 0.2) is 5.13 Å².